The quantitative estimate of drug-likeness (QED) is 0.0190. The van der Waals surface area contributed by atoms with Crippen LogP contribution in [0.1, 0.15) is 59.6 Å². The number of nitrogens with one attached hydrogen (secondary N) is 9. The zero-order valence-corrected chi connectivity index (χ0v) is 51.5. The second kappa shape index (κ2) is 35.4. The number of aliphatic hydroxyl groups excluding tert-OH is 1. The number of benzene rings is 5. The van der Waals surface area contributed by atoms with Crippen molar-refractivity contribution in [3.8, 4) is 5.75 Å². The van der Waals surface area contributed by atoms with Gasteiger partial charge in [0.05, 0.1) is 12.1 Å². The number of carboxylic acid groups (broad SMARTS) is 1. The molecule has 24 nitrogen and oxygen atoms in total. The predicted octanol–water partition coefficient (Wildman–Crippen LogP) is 0.505. The highest BCUT2D eigenvalue weighted by molar-refractivity contribution is 7.80. The Labute approximate surface area is 532 Å². The van der Waals surface area contributed by atoms with Crippen LogP contribution in [0.2, 0.25) is 0 Å². The van der Waals surface area contributed by atoms with Gasteiger partial charge in [0.25, 0.3) is 0 Å². The van der Waals surface area contributed by atoms with Gasteiger partial charge in [0.1, 0.15) is 54.1 Å². The van der Waals surface area contributed by atoms with Crippen molar-refractivity contribution in [1.29, 1.82) is 0 Å². The maximum Gasteiger partial charge on any atom is 0.327 e. The van der Waals surface area contributed by atoms with E-state index in [9.17, 15) is 48.9 Å². The maximum atomic E-state index is 15.2. The molecule has 18 N–H and O–H groups in total. The lowest BCUT2D eigenvalue weighted by Gasteiger charge is -2.29. The Balaban J connectivity index is 1.29. The molecule has 8 amide bonds. The highest BCUT2D eigenvalue weighted by atomic mass is 32.1. The minimum Gasteiger partial charge on any atom is -0.508 e. The van der Waals surface area contributed by atoms with Gasteiger partial charge >= 0.3 is 5.97 Å². The minimum atomic E-state index is -1.73. The number of aromatic amines is 1. The van der Waals surface area contributed by atoms with Crippen molar-refractivity contribution in [3.05, 3.63) is 173 Å². The van der Waals surface area contributed by atoms with E-state index in [0.717, 1.165) is 5.56 Å². The number of phenols is 1. The molecule has 0 unspecified atom stereocenters. The Morgan fingerprint density at radius 3 is 1.38 bits per heavy atom. The van der Waals surface area contributed by atoms with Crippen LogP contribution in [0.4, 0.5) is 0 Å². The van der Waals surface area contributed by atoms with E-state index in [1.807, 2.05) is 18.2 Å². The van der Waals surface area contributed by atoms with Gasteiger partial charge in [-0.25, -0.2) is 4.79 Å². The average molecular weight is 1270 g/mol. The van der Waals surface area contributed by atoms with Crippen molar-refractivity contribution < 1.29 is 58.5 Å². The first-order chi connectivity index (χ1) is 43.2. The van der Waals surface area contributed by atoms with Crippen LogP contribution >= 0.6 is 25.3 Å². The second-order valence-corrected chi connectivity index (χ2v) is 22.5. The molecule has 26 heteroatoms. The Hall–Kier alpha value is -8.79. The zero-order chi connectivity index (χ0) is 65.3. The first kappa shape index (κ1) is 70.3. The molecule has 0 radical (unpaired) electrons. The second-order valence-electron chi connectivity index (χ2n) is 21.8. The number of aliphatic hydroxyl groups is 1. The van der Waals surface area contributed by atoms with E-state index < -0.39 is 114 Å². The van der Waals surface area contributed by atoms with E-state index in [1.54, 1.807) is 109 Å². The van der Waals surface area contributed by atoms with E-state index in [-0.39, 0.29) is 75.3 Å². The lowest BCUT2D eigenvalue weighted by atomic mass is 9.99. The van der Waals surface area contributed by atoms with E-state index >= 15 is 9.59 Å². The lowest BCUT2D eigenvalue weighted by molar-refractivity contribution is -0.141. The average Bonchev–Trinajstić information content (AvgIpc) is 2.15. The van der Waals surface area contributed by atoms with Gasteiger partial charge in [-0.05, 0) is 90.7 Å². The van der Waals surface area contributed by atoms with Gasteiger partial charge in [-0.1, -0.05) is 115 Å². The van der Waals surface area contributed by atoms with Crippen LogP contribution in [0, 0.1) is 0 Å². The molecule has 0 aliphatic rings. The number of fused-ring (bicyclic) bond motifs is 1. The Kier molecular flexibility index (Phi) is 27.7. The van der Waals surface area contributed by atoms with Crippen LogP contribution in [0.15, 0.2) is 140 Å². The first-order valence-corrected chi connectivity index (χ1v) is 30.7. The molecule has 6 aromatic rings. The number of phenolic OH excluding ortho intramolecular Hbond substituents is 1. The van der Waals surface area contributed by atoms with Gasteiger partial charge in [-0.15, -0.1) is 0 Å². The summed E-state index contributed by atoms with van der Waals surface area (Å²) in [7, 11) is 0. The Morgan fingerprint density at radius 2 is 0.878 bits per heavy atom. The first-order valence-electron chi connectivity index (χ1n) is 29.4. The van der Waals surface area contributed by atoms with Crippen LogP contribution in [0.3, 0.4) is 0 Å². The third-order valence-electron chi connectivity index (χ3n) is 14.9. The molecule has 0 saturated heterocycles. The number of carboxylic acids is 1. The molecule has 10 atom stereocenters. The molecule has 1 aromatic heterocycles. The summed E-state index contributed by atoms with van der Waals surface area (Å²) in [6, 6.07) is 24.8. The van der Waals surface area contributed by atoms with Gasteiger partial charge in [-0.3, -0.25) is 38.4 Å². The van der Waals surface area contributed by atoms with Gasteiger partial charge in [0.15, 0.2) is 0 Å². The maximum absolute atomic E-state index is 15.2. The molecule has 0 saturated carbocycles. The highest BCUT2D eigenvalue weighted by Gasteiger charge is 2.37. The summed E-state index contributed by atoms with van der Waals surface area (Å²) in [5.41, 5.74) is 22.5. The third-order valence-corrected chi connectivity index (χ3v) is 15.6. The number of carbonyl (C=O) groups is 9. The molecular weight excluding hydrogens is 1190 g/mol. The smallest absolute Gasteiger partial charge is 0.327 e. The number of carbonyl (C=O) groups excluding carboxylic acids is 8. The third kappa shape index (κ3) is 21.5. The molecule has 90 heavy (non-hydrogen) atoms. The number of hydrogen-bond acceptors (Lipinski definition) is 16. The Bertz CT molecular complexity index is 3360. The van der Waals surface area contributed by atoms with Gasteiger partial charge in [0.2, 0.25) is 47.3 Å². The predicted molar refractivity (Wildman–Crippen MR) is 345 cm³/mol. The van der Waals surface area contributed by atoms with Gasteiger partial charge < -0.3 is 80.0 Å². The van der Waals surface area contributed by atoms with Crippen molar-refractivity contribution in [2.45, 2.75) is 125 Å². The van der Waals surface area contributed by atoms with E-state index in [4.69, 9.17) is 17.2 Å². The van der Waals surface area contributed by atoms with Crippen LogP contribution in [0.25, 0.3) is 10.9 Å². The summed E-state index contributed by atoms with van der Waals surface area (Å²) >= 11 is 8.38. The van der Waals surface area contributed by atoms with Crippen LogP contribution < -0.4 is 59.7 Å². The molecule has 0 spiro atoms. The number of aromatic hydroxyl groups is 1. The fraction of sp³-hybridized carbons (Fsp3) is 0.359. The molecule has 6 rings (SSSR count). The number of aliphatic carboxylic acids is 1. The van der Waals surface area contributed by atoms with E-state index in [0.29, 0.717) is 45.1 Å². The van der Waals surface area contributed by atoms with E-state index in [2.05, 4.69) is 72.8 Å². The summed E-state index contributed by atoms with van der Waals surface area (Å²) in [4.78, 5) is 130. The fourth-order valence-corrected chi connectivity index (χ4v) is 10.3. The number of hydrogen-bond donors (Lipinski definition) is 17. The summed E-state index contributed by atoms with van der Waals surface area (Å²) in [5, 5.41) is 52.3. The number of nitrogens with two attached hydrogens (primary N) is 3. The molecule has 0 fully saturated rings. The van der Waals surface area contributed by atoms with Crippen molar-refractivity contribution in [3.63, 3.8) is 0 Å². The minimum absolute atomic E-state index is 0.0283. The zero-order valence-electron chi connectivity index (χ0n) is 49.7. The van der Waals surface area contributed by atoms with Crippen molar-refractivity contribution in [1.82, 2.24) is 47.5 Å². The number of amides is 8. The summed E-state index contributed by atoms with van der Waals surface area (Å²) < 4.78 is 0. The number of aromatic nitrogens is 1. The molecule has 0 aliphatic carbocycles. The lowest BCUT2D eigenvalue weighted by Crippen LogP contribution is -2.62. The highest BCUT2D eigenvalue weighted by Crippen LogP contribution is 2.21. The fourth-order valence-electron chi connectivity index (χ4n) is 9.78. The molecule has 0 bridgehead atoms. The topological polar surface area (TPSA) is 404 Å². The summed E-state index contributed by atoms with van der Waals surface area (Å²) in [6.07, 6.45) is 0.242. The molecule has 1 heterocycles. The normalized spacial score (nSPS) is 14.5. The summed E-state index contributed by atoms with van der Waals surface area (Å²) in [5.74, 6) is -8.67. The van der Waals surface area contributed by atoms with Crippen molar-refractivity contribution >= 4 is 89.4 Å². The van der Waals surface area contributed by atoms with E-state index in [1.165, 1.54) is 19.1 Å². The largest absolute Gasteiger partial charge is 0.508 e. The van der Waals surface area contributed by atoms with Crippen LogP contribution in [-0.4, -0.2) is 152 Å². The number of unbranched alkanes of at least 4 members (excludes halogenated alkanes) is 1. The Morgan fingerprint density at radius 1 is 0.467 bits per heavy atom. The summed E-state index contributed by atoms with van der Waals surface area (Å²) in [6.45, 7) is 1.65. The molecule has 480 valence electrons. The molecule has 0 aliphatic heterocycles. The molecule has 5 aromatic carbocycles. The molecular formula is C64H80N12O12S2. The van der Waals surface area contributed by atoms with Gasteiger partial charge in [-0.2, -0.15) is 25.3 Å². The standard InChI is InChI=1S/C64H80N12O12S2/c1-37(77)55(63(86)73-51(30-39-14-6-3-7-15-39)60(83)75-54(36-90)64(87)88)76-57(80)48(18-10-11-27-65)69-61(84)52(32-43-34-68-47-17-9-8-16-45(43)47)72-59(82)50(31-41-19-21-42(33-66)22-20-41)70-58(81)49(29-38-12-4-2-5-13-38)71-62(85)53(35-89)74-56(79)46(67)28-40-23-25-44(78)26-24-40/h2-9,12-17,19-26,34,37,46,48-55,68,77-78,89-90H,10-11,18,27-33,35-36,65-67H2,1H3,(H,69,84)(H,70,81)(H,71,85)(H,72,82)(H,73,86)(H,74,79)(H,75,83)(H,76,80)(H,87,88)/t37-,46+,48+,49+,50+,51+,52+,53+,54+,55+/m1/s1. The van der Waals surface area contributed by atoms with Crippen molar-refractivity contribution in [2.24, 2.45) is 17.2 Å². The van der Waals surface area contributed by atoms with Gasteiger partial charge in [0, 0.05) is 60.8 Å². The van der Waals surface area contributed by atoms with Crippen LogP contribution in [0.5, 0.6) is 5.75 Å². The van der Waals surface area contributed by atoms with Crippen LogP contribution in [-0.2, 0) is 81.8 Å². The number of para-hydroxylation sites is 1. The number of H-pyrrole nitrogens is 1. The monoisotopic (exact) mass is 1270 g/mol. The number of thiol groups is 2. The SMILES string of the molecule is C[C@@H](O)[C@H](NC(=O)[C@H](CCCCN)NC(=O)[C@H](Cc1c[nH]c2ccccc12)NC(=O)[C@H](Cc1ccc(CN)cc1)NC(=O)[C@H](Cc1ccccc1)NC(=O)[C@H](CS)NC(=O)[C@@H](N)Cc1ccc(O)cc1)C(=O)N[C@@H](Cc1ccccc1)C(=O)N[C@@H](CS)C(=O)O. The van der Waals surface area contributed by atoms with Crippen molar-refractivity contribution in [2.75, 3.05) is 18.1 Å². The number of rotatable bonds is 35.